The summed E-state index contributed by atoms with van der Waals surface area (Å²) in [6.45, 7) is 2.02. The standard InChI is InChI=1S/C13H14BrClN2S/c1-8-10(3-2-4-11(8)15)12(17-16)7-9-5-6-13(14)18-9/h2-6,12,17H,7,16H2,1H3. The van der Waals surface area contributed by atoms with E-state index in [1.165, 1.54) is 4.88 Å². The van der Waals surface area contributed by atoms with Gasteiger partial charge in [-0.15, -0.1) is 11.3 Å². The average molecular weight is 346 g/mol. The molecule has 0 saturated carbocycles. The van der Waals surface area contributed by atoms with Gasteiger partial charge in [-0.25, -0.2) is 0 Å². The van der Waals surface area contributed by atoms with Crippen molar-refractivity contribution in [2.75, 3.05) is 0 Å². The van der Waals surface area contributed by atoms with Crippen molar-refractivity contribution in [3.05, 3.63) is 55.1 Å². The first kappa shape index (κ1) is 14.0. The van der Waals surface area contributed by atoms with Crippen LogP contribution >= 0.6 is 38.9 Å². The zero-order valence-electron chi connectivity index (χ0n) is 9.91. The fourth-order valence-corrected chi connectivity index (χ4v) is 3.63. The van der Waals surface area contributed by atoms with Gasteiger partial charge in [0.05, 0.1) is 9.83 Å². The Balaban J connectivity index is 2.25. The smallest absolute Gasteiger partial charge is 0.0701 e. The molecule has 0 fully saturated rings. The molecule has 0 radical (unpaired) electrons. The summed E-state index contributed by atoms with van der Waals surface area (Å²) >= 11 is 11.3. The molecular weight excluding hydrogens is 332 g/mol. The Hall–Kier alpha value is -0.390. The molecule has 2 rings (SSSR count). The van der Waals surface area contributed by atoms with E-state index in [4.69, 9.17) is 17.4 Å². The van der Waals surface area contributed by atoms with Gasteiger partial charge in [0.15, 0.2) is 0 Å². The van der Waals surface area contributed by atoms with E-state index in [9.17, 15) is 0 Å². The van der Waals surface area contributed by atoms with Crippen molar-refractivity contribution in [2.24, 2.45) is 5.84 Å². The molecule has 5 heteroatoms. The summed E-state index contributed by atoms with van der Waals surface area (Å²) in [5, 5.41) is 0.778. The predicted octanol–water partition coefficient (Wildman–Crippen LogP) is 4.22. The summed E-state index contributed by atoms with van der Waals surface area (Å²) in [5.74, 6) is 5.68. The zero-order valence-corrected chi connectivity index (χ0v) is 13.1. The molecule has 0 aliphatic heterocycles. The van der Waals surface area contributed by atoms with Crippen molar-refractivity contribution in [2.45, 2.75) is 19.4 Å². The third-order valence-electron chi connectivity index (χ3n) is 2.92. The summed E-state index contributed by atoms with van der Waals surface area (Å²) in [7, 11) is 0. The molecule has 0 spiro atoms. The van der Waals surface area contributed by atoms with Crippen LogP contribution in [-0.2, 0) is 6.42 Å². The van der Waals surface area contributed by atoms with Crippen LogP contribution in [0.5, 0.6) is 0 Å². The van der Waals surface area contributed by atoms with Crippen LogP contribution in [0.4, 0.5) is 0 Å². The van der Waals surface area contributed by atoms with Gasteiger partial charge in [0, 0.05) is 16.3 Å². The number of benzene rings is 1. The van der Waals surface area contributed by atoms with Gasteiger partial charge in [0.2, 0.25) is 0 Å². The minimum absolute atomic E-state index is 0.0780. The third kappa shape index (κ3) is 3.13. The number of nitrogens with two attached hydrogens (primary N) is 1. The van der Waals surface area contributed by atoms with Gasteiger partial charge in [-0.1, -0.05) is 23.7 Å². The normalized spacial score (nSPS) is 12.7. The Labute approximate surface area is 124 Å². The molecule has 96 valence electrons. The van der Waals surface area contributed by atoms with Crippen LogP contribution in [0.1, 0.15) is 22.0 Å². The fourth-order valence-electron chi connectivity index (χ4n) is 1.92. The van der Waals surface area contributed by atoms with Crippen LogP contribution in [-0.4, -0.2) is 0 Å². The van der Waals surface area contributed by atoms with E-state index in [1.54, 1.807) is 11.3 Å². The molecular formula is C13H14BrClN2S. The Morgan fingerprint density at radius 1 is 1.39 bits per heavy atom. The summed E-state index contributed by atoms with van der Waals surface area (Å²) in [6.07, 6.45) is 0.855. The molecule has 2 nitrogen and oxygen atoms in total. The number of hydrogen-bond donors (Lipinski definition) is 2. The van der Waals surface area contributed by atoms with Crippen molar-refractivity contribution in [1.29, 1.82) is 0 Å². The monoisotopic (exact) mass is 344 g/mol. The maximum Gasteiger partial charge on any atom is 0.0701 e. The summed E-state index contributed by atoms with van der Waals surface area (Å²) < 4.78 is 1.14. The second-order valence-corrected chi connectivity index (χ2v) is 7.04. The van der Waals surface area contributed by atoms with Crippen LogP contribution in [0, 0.1) is 6.92 Å². The molecule has 0 saturated heterocycles. The molecule has 1 heterocycles. The van der Waals surface area contributed by atoms with E-state index >= 15 is 0 Å². The molecule has 0 amide bonds. The highest BCUT2D eigenvalue weighted by atomic mass is 79.9. The SMILES string of the molecule is Cc1c(Cl)cccc1C(Cc1ccc(Br)s1)NN. The van der Waals surface area contributed by atoms with E-state index in [-0.39, 0.29) is 6.04 Å². The van der Waals surface area contributed by atoms with E-state index in [0.717, 1.165) is 26.4 Å². The van der Waals surface area contributed by atoms with E-state index in [0.29, 0.717) is 0 Å². The average Bonchev–Trinajstić information content (AvgIpc) is 2.76. The van der Waals surface area contributed by atoms with Crippen LogP contribution < -0.4 is 11.3 Å². The van der Waals surface area contributed by atoms with E-state index in [2.05, 4.69) is 39.6 Å². The molecule has 0 bridgehead atoms. The van der Waals surface area contributed by atoms with E-state index in [1.807, 2.05) is 19.1 Å². The second-order valence-electron chi connectivity index (χ2n) is 4.08. The number of hydrogen-bond acceptors (Lipinski definition) is 3. The topological polar surface area (TPSA) is 38.0 Å². The van der Waals surface area contributed by atoms with Gasteiger partial charge in [-0.3, -0.25) is 11.3 Å². The summed E-state index contributed by atoms with van der Waals surface area (Å²) in [5.41, 5.74) is 5.11. The number of hydrazine groups is 1. The van der Waals surface area contributed by atoms with Crippen LogP contribution in [0.2, 0.25) is 5.02 Å². The Bertz CT molecular complexity index is 542. The first-order valence-corrected chi connectivity index (χ1v) is 7.56. The Kier molecular flexibility index (Phi) is 4.81. The van der Waals surface area contributed by atoms with Crippen molar-refractivity contribution in [1.82, 2.24) is 5.43 Å². The molecule has 18 heavy (non-hydrogen) atoms. The predicted molar refractivity (Wildman–Crippen MR) is 82.0 cm³/mol. The molecule has 0 aliphatic carbocycles. The number of halogens is 2. The lowest BCUT2D eigenvalue weighted by Gasteiger charge is -2.18. The third-order valence-corrected chi connectivity index (χ3v) is 4.98. The van der Waals surface area contributed by atoms with Gasteiger partial charge in [-0.2, -0.15) is 0 Å². The maximum atomic E-state index is 6.15. The minimum atomic E-state index is 0.0780. The summed E-state index contributed by atoms with van der Waals surface area (Å²) in [4.78, 5) is 1.28. The lowest BCUT2D eigenvalue weighted by atomic mass is 9.99. The molecule has 0 aliphatic rings. The van der Waals surface area contributed by atoms with Crippen molar-refractivity contribution >= 4 is 38.9 Å². The largest absolute Gasteiger partial charge is 0.271 e. The minimum Gasteiger partial charge on any atom is -0.271 e. The van der Waals surface area contributed by atoms with Gasteiger partial charge in [0.25, 0.3) is 0 Å². The highest BCUT2D eigenvalue weighted by Crippen LogP contribution is 2.29. The Morgan fingerprint density at radius 3 is 2.78 bits per heavy atom. The van der Waals surface area contributed by atoms with Crippen molar-refractivity contribution < 1.29 is 0 Å². The molecule has 1 aromatic heterocycles. The highest BCUT2D eigenvalue weighted by molar-refractivity contribution is 9.11. The lowest BCUT2D eigenvalue weighted by Crippen LogP contribution is -2.30. The van der Waals surface area contributed by atoms with Gasteiger partial charge >= 0.3 is 0 Å². The molecule has 1 aromatic carbocycles. The van der Waals surface area contributed by atoms with Crippen molar-refractivity contribution in [3.63, 3.8) is 0 Å². The first-order valence-electron chi connectivity index (χ1n) is 5.57. The fraction of sp³-hybridized carbons (Fsp3) is 0.231. The number of rotatable bonds is 4. The zero-order chi connectivity index (χ0) is 13.1. The molecule has 1 unspecified atom stereocenters. The summed E-state index contributed by atoms with van der Waals surface area (Å²) in [6, 6.07) is 10.2. The van der Waals surface area contributed by atoms with Gasteiger partial charge < -0.3 is 0 Å². The molecule has 1 atom stereocenters. The highest BCUT2D eigenvalue weighted by Gasteiger charge is 2.15. The van der Waals surface area contributed by atoms with E-state index < -0.39 is 0 Å². The lowest BCUT2D eigenvalue weighted by molar-refractivity contribution is 0.553. The number of nitrogens with one attached hydrogen (secondary N) is 1. The second kappa shape index (κ2) is 6.17. The molecule has 2 aromatic rings. The van der Waals surface area contributed by atoms with Crippen molar-refractivity contribution in [3.8, 4) is 0 Å². The Morgan fingerprint density at radius 2 is 2.17 bits per heavy atom. The number of thiophene rings is 1. The molecule has 3 N–H and O–H groups in total. The quantitative estimate of drug-likeness (QED) is 0.643. The maximum absolute atomic E-state index is 6.15. The van der Waals surface area contributed by atoms with Crippen LogP contribution in [0.15, 0.2) is 34.1 Å². The van der Waals surface area contributed by atoms with Crippen LogP contribution in [0.3, 0.4) is 0 Å². The van der Waals surface area contributed by atoms with Gasteiger partial charge in [0.1, 0.15) is 0 Å². The first-order chi connectivity index (χ1) is 8.61. The van der Waals surface area contributed by atoms with Crippen LogP contribution in [0.25, 0.3) is 0 Å². The van der Waals surface area contributed by atoms with Gasteiger partial charge in [-0.05, 0) is 52.2 Å².